The summed E-state index contributed by atoms with van der Waals surface area (Å²) in [7, 11) is 2.06. The molecule has 196 valence electrons. The predicted octanol–water partition coefficient (Wildman–Crippen LogP) is 5.05. The minimum absolute atomic E-state index is 0.0691. The van der Waals surface area contributed by atoms with Gasteiger partial charge in [0.25, 0.3) is 5.91 Å². The Balaban J connectivity index is 1.22. The number of rotatable bonds is 3. The lowest BCUT2D eigenvalue weighted by Crippen LogP contribution is -2.49. The van der Waals surface area contributed by atoms with Crippen LogP contribution in [0, 0.1) is 0 Å². The van der Waals surface area contributed by atoms with Crippen molar-refractivity contribution in [2.24, 2.45) is 15.0 Å². The van der Waals surface area contributed by atoms with Crippen LogP contribution in [0.5, 0.6) is 11.5 Å². The van der Waals surface area contributed by atoms with Gasteiger partial charge in [0.15, 0.2) is 5.75 Å². The first-order chi connectivity index (χ1) is 19.0. The average Bonchev–Trinajstić information content (AvgIpc) is 3.27. The molecule has 3 aliphatic rings. The molecular formula is C30H26ClN5O3. The Labute approximate surface area is 231 Å². The summed E-state index contributed by atoms with van der Waals surface area (Å²) in [6.45, 7) is 3.21. The number of halogens is 1. The summed E-state index contributed by atoms with van der Waals surface area (Å²) in [6, 6.07) is 20.5. The molecule has 0 aliphatic carbocycles. The van der Waals surface area contributed by atoms with Gasteiger partial charge in [0.05, 0.1) is 17.7 Å². The first-order valence-corrected chi connectivity index (χ1v) is 13.1. The Morgan fingerprint density at radius 3 is 2.56 bits per heavy atom. The number of amides is 1. The molecule has 6 rings (SSSR count). The molecule has 0 bridgehead atoms. The van der Waals surface area contributed by atoms with E-state index in [4.69, 9.17) is 31.1 Å². The number of fused-ring (bicyclic) bond motifs is 2. The molecule has 9 heteroatoms. The van der Waals surface area contributed by atoms with E-state index in [-0.39, 0.29) is 12.5 Å². The van der Waals surface area contributed by atoms with Gasteiger partial charge in [-0.15, -0.1) is 0 Å². The third-order valence-electron chi connectivity index (χ3n) is 6.74. The molecule has 3 heterocycles. The minimum atomic E-state index is -0.0691. The Bertz CT molecular complexity index is 1540. The van der Waals surface area contributed by atoms with Crippen molar-refractivity contribution in [3.63, 3.8) is 0 Å². The molecule has 3 aromatic rings. The first-order valence-electron chi connectivity index (χ1n) is 12.7. The van der Waals surface area contributed by atoms with Gasteiger partial charge in [0, 0.05) is 42.3 Å². The number of carbonyl (C=O) groups excluding carboxylic acids is 1. The van der Waals surface area contributed by atoms with Crippen LogP contribution in [0.15, 0.2) is 94.0 Å². The number of aliphatic imine (C=N–C) groups is 3. The summed E-state index contributed by atoms with van der Waals surface area (Å²) in [5, 5.41) is 0.591. The summed E-state index contributed by atoms with van der Waals surface area (Å²) in [6.07, 6.45) is 3.42. The maximum absolute atomic E-state index is 13.4. The lowest BCUT2D eigenvalue weighted by atomic mass is 10.1. The number of hydrogen-bond donors (Lipinski definition) is 0. The quantitative estimate of drug-likeness (QED) is 0.466. The fourth-order valence-electron chi connectivity index (χ4n) is 4.58. The zero-order chi connectivity index (χ0) is 26.8. The highest BCUT2D eigenvalue weighted by atomic mass is 35.5. The van der Waals surface area contributed by atoms with Crippen LogP contribution in [0.4, 0.5) is 11.4 Å². The van der Waals surface area contributed by atoms with Gasteiger partial charge >= 0.3 is 0 Å². The highest BCUT2D eigenvalue weighted by Crippen LogP contribution is 2.33. The molecule has 0 saturated carbocycles. The molecular weight excluding hydrogens is 514 g/mol. The van der Waals surface area contributed by atoms with Gasteiger partial charge in [0.2, 0.25) is 5.90 Å². The van der Waals surface area contributed by atoms with Crippen molar-refractivity contribution in [2.75, 3.05) is 39.8 Å². The van der Waals surface area contributed by atoms with E-state index in [9.17, 15) is 4.79 Å². The Morgan fingerprint density at radius 1 is 0.949 bits per heavy atom. The Kier molecular flexibility index (Phi) is 6.96. The highest BCUT2D eigenvalue weighted by molar-refractivity contribution is 6.46. The predicted molar refractivity (Wildman–Crippen MR) is 154 cm³/mol. The largest absolute Gasteiger partial charge is 0.463 e. The van der Waals surface area contributed by atoms with Gasteiger partial charge in [0.1, 0.15) is 23.7 Å². The highest BCUT2D eigenvalue weighted by Gasteiger charge is 2.27. The van der Waals surface area contributed by atoms with Gasteiger partial charge in [-0.25, -0.2) is 9.98 Å². The second-order valence-corrected chi connectivity index (χ2v) is 9.88. The van der Waals surface area contributed by atoms with Crippen LogP contribution >= 0.6 is 11.6 Å². The number of nitrogens with zero attached hydrogens (tertiary/aromatic N) is 5. The van der Waals surface area contributed by atoms with Crippen LogP contribution in [0.3, 0.4) is 0 Å². The molecule has 1 saturated heterocycles. The summed E-state index contributed by atoms with van der Waals surface area (Å²) in [5.74, 6) is 1.60. The summed E-state index contributed by atoms with van der Waals surface area (Å²) in [4.78, 5) is 31.6. The van der Waals surface area contributed by atoms with Gasteiger partial charge in [-0.1, -0.05) is 29.8 Å². The lowest BCUT2D eigenvalue weighted by Gasteiger charge is -2.32. The third kappa shape index (κ3) is 5.48. The molecule has 8 nitrogen and oxygen atoms in total. The molecule has 0 N–H and O–H groups in total. The molecule has 0 spiro atoms. The number of ether oxygens (including phenoxy) is 2. The van der Waals surface area contributed by atoms with Crippen molar-refractivity contribution < 1.29 is 14.3 Å². The number of piperazine rings is 1. The topological polar surface area (TPSA) is 79.1 Å². The second kappa shape index (κ2) is 10.8. The molecule has 0 aromatic heterocycles. The van der Waals surface area contributed by atoms with Crippen molar-refractivity contribution in [3.8, 4) is 11.5 Å². The summed E-state index contributed by atoms with van der Waals surface area (Å²) < 4.78 is 11.8. The fraction of sp³-hybridized carbons (Fsp3) is 0.200. The average molecular weight is 540 g/mol. The van der Waals surface area contributed by atoms with Gasteiger partial charge in [-0.2, -0.15) is 0 Å². The van der Waals surface area contributed by atoms with Crippen LogP contribution < -0.4 is 9.47 Å². The third-order valence-corrected chi connectivity index (χ3v) is 6.97. The van der Waals surface area contributed by atoms with Gasteiger partial charge in [-0.05, 0) is 61.7 Å². The van der Waals surface area contributed by atoms with Crippen molar-refractivity contribution in [1.29, 1.82) is 0 Å². The molecule has 0 atom stereocenters. The zero-order valence-corrected chi connectivity index (χ0v) is 22.1. The Hall–Kier alpha value is -4.27. The van der Waals surface area contributed by atoms with Crippen molar-refractivity contribution >= 4 is 46.2 Å². The maximum Gasteiger partial charge on any atom is 0.272 e. The smallest absolute Gasteiger partial charge is 0.272 e. The van der Waals surface area contributed by atoms with E-state index in [1.807, 2.05) is 59.5 Å². The van der Waals surface area contributed by atoms with Crippen molar-refractivity contribution in [2.45, 2.75) is 0 Å². The van der Waals surface area contributed by atoms with Crippen LogP contribution in [0.25, 0.3) is 0 Å². The molecule has 0 unspecified atom stereocenters. The minimum Gasteiger partial charge on any atom is -0.463 e. The van der Waals surface area contributed by atoms with Gasteiger partial charge < -0.3 is 19.3 Å². The number of allylic oxidation sites excluding steroid dienone is 1. The monoisotopic (exact) mass is 539 g/mol. The van der Waals surface area contributed by atoms with Crippen LogP contribution in [-0.4, -0.2) is 72.8 Å². The number of para-hydroxylation sites is 1. The van der Waals surface area contributed by atoms with E-state index in [0.29, 0.717) is 52.6 Å². The molecule has 3 aliphatic heterocycles. The second-order valence-electron chi connectivity index (χ2n) is 9.44. The van der Waals surface area contributed by atoms with E-state index in [2.05, 4.69) is 16.9 Å². The standard InChI is InChI=1S/C30H26ClN5O3/c1-35-13-15-36(16-14-35)30(37)29-23-4-2-3-5-25(23)34-28(19-32-29)39-22-9-6-20(7-10-22)24-12-17-38-27-11-8-21(31)18-26(27)33-24/h2-12,17-18H,13-16,19H2,1H3. The molecule has 3 aromatic carbocycles. The normalized spacial score (nSPS) is 17.0. The number of likely N-dealkylation sites (N-methyl/N-ethyl adjacent to an activating group) is 1. The molecule has 1 amide bonds. The number of hydrogen-bond acceptors (Lipinski definition) is 7. The maximum atomic E-state index is 13.4. The molecule has 1 fully saturated rings. The Morgan fingerprint density at radius 2 is 1.74 bits per heavy atom. The lowest BCUT2D eigenvalue weighted by molar-refractivity contribution is -0.125. The first kappa shape index (κ1) is 25.0. The van der Waals surface area contributed by atoms with Gasteiger partial charge in [-0.3, -0.25) is 9.79 Å². The molecule has 0 radical (unpaired) electrons. The SMILES string of the molecule is CN1CCN(C(=O)C2=NCC(Oc3ccc(C4=Nc5cc(Cl)ccc5OC=C4)cc3)=Nc3ccccc32)CC1. The van der Waals surface area contributed by atoms with Crippen molar-refractivity contribution in [1.82, 2.24) is 9.80 Å². The molecule has 39 heavy (non-hydrogen) atoms. The number of carbonyl (C=O) groups is 1. The van der Waals surface area contributed by atoms with E-state index in [1.54, 1.807) is 24.5 Å². The van der Waals surface area contributed by atoms with Crippen molar-refractivity contribution in [3.05, 3.63) is 95.2 Å². The van der Waals surface area contributed by atoms with E-state index in [0.717, 1.165) is 29.9 Å². The zero-order valence-electron chi connectivity index (χ0n) is 21.4. The van der Waals surface area contributed by atoms with E-state index < -0.39 is 0 Å². The fourth-order valence-corrected chi connectivity index (χ4v) is 4.74. The van der Waals surface area contributed by atoms with Crippen LogP contribution in [0.2, 0.25) is 5.02 Å². The summed E-state index contributed by atoms with van der Waals surface area (Å²) in [5.41, 5.74) is 4.10. The van der Waals surface area contributed by atoms with E-state index >= 15 is 0 Å². The van der Waals surface area contributed by atoms with Crippen LogP contribution in [0.1, 0.15) is 11.1 Å². The number of benzene rings is 3. The van der Waals surface area contributed by atoms with E-state index in [1.165, 1.54) is 0 Å². The van der Waals surface area contributed by atoms with Crippen LogP contribution in [-0.2, 0) is 4.79 Å². The summed E-state index contributed by atoms with van der Waals surface area (Å²) >= 11 is 6.15.